The van der Waals surface area contributed by atoms with Crippen molar-refractivity contribution in [2.24, 2.45) is 7.05 Å². The number of hydrogen-bond acceptors (Lipinski definition) is 8. The normalized spacial score (nSPS) is 19.6. The van der Waals surface area contributed by atoms with Crippen LogP contribution in [-0.4, -0.2) is 105 Å². The van der Waals surface area contributed by atoms with E-state index in [1.54, 1.807) is 4.90 Å². The van der Waals surface area contributed by atoms with Gasteiger partial charge in [-0.2, -0.15) is 22.6 Å². The van der Waals surface area contributed by atoms with Crippen molar-refractivity contribution in [3.63, 3.8) is 0 Å². The van der Waals surface area contributed by atoms with E-state index in [0.29, 0.717) is 23.2 Å². The largest absolute Gasteiger partial charge is 0.435 e. The fourth-order valence-electron chi connectivity index (χ4n) is 5.54. The number of β-amino-alcohol motifs (C(OH)–C–C–N with tert-alkyl or cyclic N) is 1. The van der Waals surface area contributed by atoms with Gasteiger partial charge in [0.15, 0.2) is 11.5 Å². The number of rotatable bonds is 8. The van der Waals surface area contributed by atoms with E-state index in [1.165, 1.54) is 36.5 Å². The summed E-state index contributed by atoms with van der Waals surface area (Å²) in [6, 6.07) is 3.59. The molecule has 5 rings (SSSR count). The molecule has 0 aliphatic carbocycles. The summed E-state index contributed by atoms with van der Waals surface area (Å²) in [5.41, 5.74) is -1.63. The standard InChI is InChI=1S/C27H31F5N8O5S/c1-15-9-16(3-4-21(15)46(44,45)40-7-5-38(6-8-40)26(43)19-10-17(41)11-33-19)35-25(42)24-34-12-20(37(24)2)18-13-39(14-22(28)29)36-23(18)27(30,31)32/h3-4,9,12-13,17,19,22,33,41H,5-8,10-11,14H2,1-2H3,(H,35,42)/t17-,19+/m0/s1. The SMILES string of the molecule is Cc1cc(NC(=O)c2ncc(-c3cn(CC(F)F)nc3C(F)(F)F)n2C)ccc1S(=O)(=O)N1CCN(C(=O)[C@H]2C[C@H](O)CN2)CC1. The number of benzene rings is 1. The topological polar surface area (TPSA) is 155 Å². The smallest absolute Gasteiger partial charge is 0.392 e. The number of alkyl halides is 5. The maximum atomic E-state index is 13.6. The highest BCUT2D eigenvalue weighted by molar-refractivity contribution is 7.89. The van der Waals surface area contributed by atoms with Crippen LogP contribution in [0.4, 0.5) is 27.6 Å². The minimum absolute atomic E-state index is 0.00868. The van der Waals surface area contributed by atoms with Crippen LogP contribution in [0.5, 0.6) is 0 Å². The number of aromatic nitrogens is 4. The first-order valence-corrected chi connectivity index (χ1v) is 15.6. The molecule has 19 heteroatoms. The van der Waals surface area contributed by atoms with Crippen molar-refractivity contribution in [1.82, 2.24) is 33.9 Å². The maximum Gasteiger partial charge on any atom is 0.435 e. The third-order valence-corrected chi connectivity index (χ3v) is 9.89. The van der Waals surface area contributed by atoms with Gasteiger partial charge in [0, 0.05) is 51.7 Å². The van der Waals surface area contributed by atoms with Crippen LogP contribution in [0.25, 0.3) is 11.3 Å². The average molecular weight is 675 g/mol. The van der Waals surface area contributed by atoms with Crippen LogP contribution >= 0.6 is 0 Å². The van der Waals surface area contributed by atoms with Crippen molar-refractivity contribution in [1.29, 1.82) is 0 Å². The second-order valence-electron chi connectivity index (χ2n) is 11.0. The molecule has 2 saturated heterocycles. The Bertz CT molecular complexity index is 1730. The lowest BCUT2D eigenvalue weighted by Crippen LogP contribution is -2.54. The fourth-order valence-corrected chi connectivity index (χ4v) is 7.17. The van der Waals surface area contributed by atoms with Gasteiger partial charge in [0.2, 0.25) is 15.9 Å². The van der Waals surface area contributed by atoms with Gasteiger partial charge in [-0.1, -0.05) is 0 Å². The van der Waals surface area contributed by atoms with Gasteiger partial charge in [0.05, 0.1) is 34.5 Å². The van der Waals surface area contributed by atoms with Crippen molar-refractivity contribution >= 4 is 27.5 Å². The van der Waals surface area contributed by atoms with E-state index in [1.807, 2.05) is 0 Å². The second-order valence-corrected chi connectivity index (χ2v) is 12.9. The van der Waals surface area contributed by atoms with E-state index in [-0.39, 0.29) is 54.2 Å². The number of carbonyl (C=O) groups excluding carboxylic acids is 2. The number of aliphatic hydroxyl groups excluding tert-OH is 1. The van der Waals surface area contributed by atoms with Gasteiger partial charge in [0.1, 0.15) is 6.54 Å². The quantitative estimate of drug-likeness (QED) is 0.305. The predicted octanol–water partition coefficient (Wildman–Crippen LogP) is 1.68. The van der Waals surface area contributed by atoms with Crippen LogP contribution in [0.3, 0.4) is 0 Å². The lowest BCUT2D eigenvalue weighted by Gasteiger charge is -2.35. The number of amides is 2. The Hall–Kier alpha value is -3.94. The van der Waals surface area contributed by atoms with Crippen molar-refractivity contribution in [2.75, 3.05) is 38.0 Å². The summed E-state index contributed by atoms with van der Waals surface area (Å²) in [5, 5.41) is 18.4. The van der Waals surface area contributed by atoms with E-state index >= 15 is 0 Å². The number of aliphatic hydroxyl groups is 1. The molecule has 3 aromatic rings. The second kappa shape index (κ2) is 12.7. The summed E-state index contributed by atoms with van der Waals surface area (Å²) in [6.07, 6.45) is -6.39. The van der Waals surface area contributed by atoms with Crippen LogP contribution in [-0.2, 0) is 34.6 Å². The van der Waals surface area contributed by atoms with Crippen LogP contribution in [0, 0.1) is 6.92 Å². The Labute approximate surface area is 260 Å². The Morgan fingerprint density at radius 2 is 1.87 bits per heavy atom. The summed E-state index contributed by atoms with van der Waals surface area (Å²) in [4.78, 5) is 31.2. The number of aryl methyl sites for hydroxylation is 1. The van der Waals surface area contributed by atoms with E-state index in [9.17, 15) is 45.1 Å². The Morgan fingerprint density at radius 1 is 1.17 bits per heavy atom. The fraction of sp³-hybridized carbons (Fsp3) is 0.481. The zero-order chi connectivity index (χ0) is 33.6. The van der Waals surface area contributed by atoms with Crippen LogP contribution < -0.4 is 10.6 Å². The molecule has 2 fully saturated rings. The minimum Gasteiger partial charge on any atom is -0.392 e. The van der Waals surface area contributed by atoms with Crippen molar-refractivity contribution < 1.29 is 45.1 Å². The molecular formula is C27H31F5N8O5S. The monoisotopic (exact) mass is 674 g/mol. The Balaban J connectivity index is 1.27. The third-order valence-electron chi connectivity index (χ3n) is 7.83. The molecule has 2 atom stereocenters. The van der Waals surface area contributed by atoms with Gasteiger partial charge in [-0.15, -0.1) is 0 Å². The first kappa shape index (κ1) is 33.4. The first-order chi connectivity index (χ1) is 21.6. The lowest BCUT2D eigenvalue weighted by molar-refractivity contribution is -0.141. The molecule has 0 spiro atoms. The number of nitrogens with one attached hydrogen (secondary N) is 2. The molecule has 2 aliphatic heterocycles. The molecule has 0 radical (unpaired) electrons. The highest BCUT2D eigenvalue weighted by atomic mass is 32.2. The Morgan fingerprint density at radius 3 is 2.46 bits per heavy atom. The van der Waals surface area contributed by atoms with Gasteiger partial charge in [0.25, 0.3) is 12.3 Å². The van der Waals surface area contributed by atoms with Gasteiger partial charge < -0.3 is 25.2 Å². The van der Waals surface area contributed by atoms with Gasteiger partial charge >= 0.3 is 6.18 Å². The highest BCUT2D eigenvalue weighted by Crippen LogP contribution is 2.36. The van der Waals surface area contributed by atoms with Crippen molar-refractivity contribution in [3.8, 4) is 11.3 Å². The third kappa shape index (κ3) is 6.76. The summed E-state index contributed by atoms with van der Waals surface area (Å²) in [7, 11) is -2.68. The summed E-state index contributed by atoms with van der Waals surface area (Å²) in [5.74, 6) is -1.30. The first-order valence-electron chi connectivity index (χ1n) is 14.1. The number of piperazine rings is 1. The number of nitrogens with zero attached hydrogens (tertiary/aromatic N) is 6. The van der Waals surface area contributed by atoms with E-state index in [2.05, 4.69) is 20.7 Å². The zero-order valence-electron chi connectivity index (χ0n) is 24.6. The number of imidazole rings is 1. The number of hydrogen-bond donors (Lipinski definition) is 3. The average Bonchev–Trinajstić information content (AvgIpc) is 3.70. The maximum absolute atomic E-state index is 13.6. The number of halogens is 5. The molecular weight excluding hydrogens is 643 g/mol. The number of sulfonamides is 1. The molecule has 1 aromatic carbocycles. The van der Waals surface area contributed by atoms with Crippen LogP contribution in [0.2, 0.25) is 0 Å². The van der Waals surface area contributed by atoms with E-state index < -0.39 is 58.5 Å². The molecule has 4 heterocycles. The molecule has 13 nitrogen and oxygen atoms in total. The predicted molar refractivity (Wildman–Crippen MR) is 152 cm³/mol. The molecule has 2 aliphatic rings. The summed E-state index contributed by atoms with van der Waals surface area (Å²) >= 11 is 0. The lowest BCUT2D eigenvalue weighted by atomic mass is 10.1. The minimum atomic E-state index is -4.96. The molecule has 2 aromatic heterocycles. The molecule has 46 heavy (non-hydrogen) atoms. The molecule has 3 N–H and O–H groups in total. The Kier molecular flexibility index (Phi) is 9.22. The summed E-state index contributed by atoms with van der Waals surface area (Å²) in [6.45, 7) is 1.31. The molecule has 250 valence electrons. The molecule has 0 saturated carbocycles. The van der Waals surface area contributed by atoms with Crippen molar-refractivity contribution in [3.05, 3.63) is 47.7 Å². The molecule has 2 amide bonds. The number of anilines is 1. The van der Waals surface area contributed by atoms with E-state index in [4.69, 9.17) is 0 Å². The van der Waals surface area contributed by atoms with Crippen LogP contribution in [0.1, 0.15) is 28.3 Å². The van der Waals surface area contributed by atoms with Gasteiger partial charge in [-0.25, -0.2) is 22.2 Å². The van der Waals surface area contributed by atoms with E-state index in [0.717, 1.165) is 17.0 Å². The van der Waals surface area contributed by atoms with Gasteiger partial charge in [-0.3, -0.25) is 14.3 Å². The highest BCUT2D eigenvalue weighted by Gasteiger charge is 2.39. The number of carbonyl (C=O) groups is 2. The van der Waals surface area contributed by atoms with Gasteiger partial charge in [-0.05, 0) is 37.1 Å². The molecule has 0 unspecified atom stereocenters. The van der Waals surface area contributed by atoms with Crippen molar-refractivity contribution in [2.45, 2.75) is 49.5 Å². The summed E-state index contributed by atoms with van der Waals surface area (Å²) < 4.78 is 96.1. The molecule has 0 bridgehead atoms. The van der Waals surface area contributed by atoms with Crippen LogP contribution in [0.15, 0.2) is 35.5 Å². The zero-order valence-corrected chi connectivity index (χ0v) is 25.4.